The molecule has 2 atom stereocenters. The van der Waals surface area contributed by atoms with Crippen molar-refractivity contribution in [3.63, 3.8) is 0 Å². The standard InChI is InChI=1S/C18H26N2O3/c1-12(2)17(13(3)22)20-16(23)10-19-18(11-21)9-8-14-6-4-5-7-15(14)18/h4-7,12,17,19,21H,8-11H2,1-3H3,(H,20,23). The zero-order valence-electron chi connectivity index (χ0n) is 14.1. The molecule has 5 heteroatoms. The van der Waals surface area contributed by atoms with E-state index in [-0.39, 0.29) is 30.8 Å². The Balaban J connectivity index is 2.02. The molecular formula is C18H26N2O3. The number of rotatable bonds is 7. The molecule has 0 radical (unpaired) electrons. The van der Waals surface area contributed by atoms with Crippen molar-refractivity contribution in [1.82, 2.24) is 10.6 Å². The Labute approximate surface area is 137 Å². The lowest BCUT2D eigenvalue weighted by atomic mass is 9.92. The predicted molar refractivity (Wildman–Crippen MR) is 89.0 cm³/mol. The lowest BCUT2D eigenvalue weighted by molar-refractivity contribution is -0.127. The van der Waals surface area contributed by atoms with Gasteiger partial charge < -0.3 is 10.4 Å². The summed E-state index contributed by atoms with van der Waals surface area (Å²) in [4.78, 5) is 23.8. The van der Waals surface area contributed by atoms with Crippen LogP contribution in [0.15, 0.2) is 24.3 Å². The van der Waals surface area contributed by atoms with Crippen molar-refractivity contribution in [3.05, 3.63) is 35.4 Å². The van der Waals surface area contributed by atoms with Gasteiger partial charge in [-0.15, -0.1) is 0 Å². The fraction of sp³-hybridized carbons (Fsp3) is 0.556. The van der Waals surface area contributed by atoms with E-state index in [4.69, 9.17) is 0 Å². The van der Waals surface area contributed by atoms with E-state index in [2.05, 4.69) is 16.7 Å². The summed E-state index contributed by atoms with van der Waals surface area (Å²) in [6.07, 6.45) is 1.64. The number of nitrogens with one attached hydrogen (secondary N) is 2. The number of hydrogen-bond acceptors (Lipinski definition) is 4. The number of fused-ring (bicyclic) bond motifs is 1. The number of amides is 1. The highest BCUT2D eigenvalue weighted by Crippen LogP contribution is 2.36. The molecule has 0 saturated heterocycles. The third-order valence-electron chi connectivity index (χ3n) is 4.63. The first-order valence-corrected chi connectivity index (χ1v) is 8.13. The number of aryl methyl sites for hydroxylation is 1. The van der Waals surface area contributed by atoms with E-state index in [1.807, 2.05) is 32.0 Å². The van der Waals surface area contributed by atoms with Gasteiger partial charge in [-0.1, -0.05) is 38.1 Å². The Kier molecular flexibility index (Phi) is 5.55. The normalized spacial score (nSPS) is 21.1. The Bertz CT molecular complexity index is 585. The van der Waals surface area contributed by atoms with Gasteiger partial charge in [0.2, 0.25) is 5.91 Å². The van der Waals surface area contributed by atoms with Crippen molar-refractivity contribution in [1.29, 1.82) is 0 Å². The van der Waals surface area contributed by atoms with Crippen molar-refractivity contribution in [2.75, 3.05) is 13.2 Å². The predicted octanol–water partition coefficient (Wildman–Crippen LogP) is 1.14. The highest BCUT2D eigenvalue weighted by molar-refractivity contribution is 5.88. The number of hydrogen-bond donors (Lipinski definition) is 3. The molecule has 0 bridgehead atoms. The van der Waals surface area contributed by atoms with E-state index in [0.29, 0.717) is 0 Å². The minimum Gasteiger partial charge on any atom is -0.394 e. The summed E-state index contributed by atoms with van der Waals surface area (Å²) in [5.74, 6) is -0.219. The molecule has 2 rings (SSSR count). The quantitative estimate of drug-likeness (QED) is 0.704. The molecule has 0 aromatic heterocycles. The molecule has 2 unspecified atom stereocenters. The average Bonchev–Trinajstić information content (AvgIpc) is 2.89. The van der Waals surface area contributed by atoms with E-state index < -0.39 is 11.6 Å². The van der Waals surface area contributed by atoms with E-state index in [1.165, 1.54) is 12.5 Å². The molecule has 126 valence electrons. The summed E-state index contributed by atoms with van der Waals surface area (Å²) in [7, 11) is 0. The van der Waals surface area contributed by atoms with Crippen LogP contribution in [0, 0.1) is 5.92 Å². The molecule has 1 aliphatic rings. The molecular weight excluding hydrogens is 292 g/mol. The van der Waals surface area contributed by atoms with Gasteiger partial charge in [-0.25, -0.2) is 0 Å². The van der Waals surface area contributed by atoms with Crippen molar-refractivity contribution in [2.24, 2.45) is 5.92 Å². The van der Waals surface area contributed by atoms with E-state index in [0.717, 1.165) is 18.4 Å². The van der Waals surface area contributed by atoms with E-state index in [1.54, 1.807) is 0 Å². The lowest BCUT2D eigenvalue weighted by Gasteiger charge is -2.30. The van der Waals surface area contributed by atoms with Crippen LogP contribution in [-0.2, 0) is 21.5 Å². The number of benzene rings is 1. The molecule has 1 aliphatic carbocycles. The monoisotopic (exact) mass is 318 g/mol. The molecule has 0 fully saturated rings. The molecule has 1 aromatic rings. The van der Waals surface area contributed by atoms with Gasteiger partial charge in [0.25, 0.3) is 0 Å². The smallest absolute Gasteiger partial charge is 0.234 e. The molecule has 0 spiro atoms. The van der Waals surface area contributed by atoms with Crippen molar-refractivity contribution in [2.45, 2.75) is 45.2 Å². The van der Waals surface area contributed by atoms with Crippen molar-refractivity contribution in [3.8, 4) is 0 Å². The molecule has 23 heavy (non-hydrogen) atoms. The van der Waals surface area contributed by atoms with Gasteiger partial charge in [-0.3, -0.25) is 14.9 Å². The maximum atomic E-state index is 12.2. The zero-order valence-corrected chi connectivity index (χ0v) is 14.1. The van der Waals surface area contributed by atoms with Crippen LogP contribution >= 0.6 is 0 Å². The molecule has 5 nitrogen and oxygen atoms in total. The largest absolute Gasteiger partial charge is 0.394 e. The fourth-order valence-electron chi connectivity index (χ4n) is 3.30. The van der Waals surface area contributed by atoms with Gasteiger partial charge in [0.1, 0.15) is 0 Å². The van der Waals surface area contributed by atoms with Crippen LogP contribution in [0.1, 0.15) is 38.3 Å². The first-order valence-electron chi connectivity index (χ1n) is 8.13. The highest BCUT2D eigenvalue weighted by atomic mass is 16.3. The Morgan fingerprint density at radius 1 is 1.30 bits per heavy atom. The summed E-state index contributed by atoms with van der Waals surface area (Å²) >= 11 is 0. The molecule has 0 heterocycles. The molecule has 3 N–H and O–H groups in total. The Morgan fingerprint density at radius 3 is 2.61 bits per heavy atom. The maximum Gasteiger partial charge on any atom is 0.234 e. The second-order valence-corrected chi connectivity index (χ2v) is 6.65. The van der Waals surface area contributed by atoms with Gasteiger partial charge in [0.05, 0.1) is 24.7 Å². The van der Waals surface area contributed by atoms with Crippen LogP contribution in [0.25, 0.3) is 0 Å². The molecule has 1 amide bonds. The Morgan fingerprint density at radius 2 is 2.00 bits per heavy atom. The fourth-order valence-corrected chi connectivity index (χ4v) is 3.30. The van der Waals surface area contributed by atoms with Crippen LogP contribution in [0.3, 0.4) is 0 Å². The van der Waals surface area contributed by atoms with Gasteiger partial charge in [0, 0.05) is 0 Å². The third-order valence-corrected chi connectivity index (χ3v) is 4.63. The SMILES string of the molecule is CC(=O)C(NC(=O)CNC1(CO)CCc2ccccc21)C(C)C. The first-order chi connectivity index (χ1) is 10.9. The number of carbonyl (C=O) groups excluding carboxylic acids is 2. The minimum absolute atomic E-state index is 0.0450. The topological polar surface area (TPSA) is 78.4 Å². The van der Waals surface area contributed by atoms with Gasteiger partial charge in [-0.2, -0.15) is 0 Å². The van der Waals surface area contributed by atoms with Crippen LogP contribution in [0.4, 0.5) is 0 Å². The van der Waals surface area contributed by atoms with Crippen molar-refractivity contribution < 1.29 is 14.7 Å². The first kappa shape index (κ1) is 17.6. The molecule has 1 aromatic carbocycles. The molecule has 0 saturated carbocycles. The van der Waals surface area contributed by atoms with Crippen LogP contribution in [0.5, 0.6) is 0 Å². The third kappa shape index (κ3) is 3.79. The zero-order chi connectivity index (χ0) is 17.0. The van der Waals surface area contributed by atoms with Crippen LogP contribution in [-0.4, -0.2) is 36.0 Å². The second-order valence-electron chi connectivity index (χ2n) is 6.65. The number of ketones is 1. The van der Waals surface area contributed by atoms with Gasteiger partial charge in [0.15, 0.2) is 5.78 Å². The minimum atomic E-state index is -0.572. The van der Waals surface area contributed by atoms with Gasteiger partial charge in [-0.05, 0) is 36.8 Å². The van der Waals surface area contributed by atoms with Crippen LogP contribution in [0.2, 0.25) is 0 Å². The number of aliphatic hydroxyl groups is 1. The Hall–Kier alpha value is -1.72. The maximum absolute atomic E-state index is 12.2. The van der Waals surface area contributed by atoms with Gasteiger partial charge >= 0.3 is 0 Å². The van der Waals surface area contributed by atoms with Crippen molar-refractivity contribution >= 4 is 11.7 Å². The van der Waals surface area contributed by atoms with Crippen LogP contribution < -0.4 is 10.6 Å². The highest BCUT2D eigenvalue weighted by Gasteiger charge is 2.38. The summed E-state index contributed by atoms with van der Waals surface area (Å²) in [5, 5.41) is 15.9. The average molecular weight is 318 g/mol. The number of aliphatic hydroxyl groups excluding tert-OH is 1. The van der Waals surface area contributed by atoms with E-state index in [9.17, 15) is 14.7 Å². The lowest BCUT2D eigenvalue weighted by Crippen LogP contribution is -2.51. The number of Topliss-reactive ketones (excluding diaryl/α,β-unsaturated/α-hetero) is 1. The molecule has 0 aliphatic heterocycles. The number of carbonyl (C=O) groups is 2. The summed E-state index contributed by atoms with van der Waals surface area (Å²) < 4.78 is 0. The van der Waals surface area contributed by atoms with E-state index >= 15 is 0 Å². The summed E-state index contributed by atoms with van der Waals surface area (Å²) in [6.45, 7) is 5.31. The summed E-state index contributed by atoms with van der Waals surface area (Å²) in [5.41, 5.74) is 1.69. The summed E-state index contributed by atoms with van der Waals surface area (Å²) in [6, 6.07) is 7.51. The second kappa shape index (κ2) is 7.23.